The van der Waals surface area contributed by atoms with Crippen molar-refractivity contribution in [3.8, 4) is 0 Å². The smallest absolute Gasteiger partial charge is 0.214 e. The van der Waals surface area contributed by atoms with Crippen molar-refractivity contribution in [2.75, 3.05) is 5.32 Å². The molecule has 0 spiro atoms. The molecule has 0 atom stereocenters. The fourth-order valence-corrected chi connectivity index (χ4v) is 4.13. The maximum atomic E-state index is 13.6. The Hall–Kier alpha value is -4.58. The van der Waals surface area contributed by atoms with E-state index in [4.69, 9.17) is 0 Å². The minimum Gasteiger partial charge on any atom is -0.350 e. The van der Waals surface area contributed by atoms with Crippen LogP contribution in [0.2, 0.25) is 0 Å². The van der Waals surface area contributed by atoms with Gasteiger partial charge in [0.25, 0.3) is 0 Å². The summed E-state index contributed by atoms with van der Waals surface area (Å²) < 4.78 is 1.45. The number of Topliss-reactive ketones (excluding diaryl/α,β-unsaturated/α-hetero) is 2. The molecule has 6 rings (SSSR count). The van der Waals surface area contributed by atoms with E-state index in [0.717, 1.165) is 10.8 Å². The standard InChI is InChI=1S/C26H16N4O2/c31-25-19-9-3-4-10-20(19)26(32)24(30-22-12-6-5-11-21(22)28-29-30)23(25)27-18-14-13-16-7-1-2-8-17(16)15-18/h1-15,27H. The first-order valence-corrected chi connectivity index (χ1v) is 10.2. The van der Waals surface area contributed by atoms with Crippen LogP contribution in [-0.2, 0) is 0 Å². The van der Waals surface area contributed by atoms with Crippen molar-refractivity contribution >= 4 is 44.8 Å². The Bertz CT molecular complexity index is 1600. The highest BCUT2D eigenvalue weighted by molar-refractivity contribution is 6.38. The summed E-state index contributed by atoms with van der Waals surface area (Å²) in [5, 5.41) is 13.7. The number of allylic oxidation sites excluding steroid dienone is 2. The third-order valence-corrected chi connectivity index (χ3v) is 5.68. The molecule has 0 aliphatic heterocycles. The number of carbonyl (C=O) groups excluding carboxylic acids is 2. The van der Waals surface area contributed by atoms with E-state index >= 15 is 0 Å². The van der Waals surface area contributed by atoms with Crippen LogP contribution in [0.5, 0.6) is 0 Å². The molecule has 1 aromatic heterocycles. The van der Waals surface area contributed by atoms with Gasteiger partial charge in [0.2, 0.25) is 11.6 Å². The number of benzene rings is 4. The van der Waals surface area contributed by atoms with Gasteiger partial charge < -0.3 is 5.32 Å². The quantitative estimate of drug-likeness (QED) is 0.451. The van der Waals surface area contributed by atoms with Gasteiger partial charge in [-0.1, -0.05) is 71.9 Å². The average molecular weight is 416 g/mol. The first kappa shape index (κ1) is 18.2. The van der Waals surface area contributed by atoms with Crippen molar-refractivity contribution in [2.24, 2.45) is 0 Å². The number of aromatic nitrogens is 3. The van der Waals surface area contributed by atoms with Crippen molar-refractivity contribution in [3.63, 3.8) is 0 Å². The molecule has 5 aromatic rings. The van der Waals surface area contributed by atoms with Crippen LogP contribution in [-0.4, -0.2) is 26.6 Å². The Kier molecular flexibility index (Phi) is 3.98. The Morgan fingerprint density at radius 3 is 2.22 bits per heavy atom. The molecule has 0 amide bonds. The highest BCUT2D eigenvalue weighted by atomic mass is 16.1. The largest absolute Gasteiger partial charge is 0.350 e. The molecule has 6 nitrogen and oxygen atoms in total. The molecule has 0 saturated carbocycles. The second-order valence-electron chi connectivity index (χ2n) is 7.60. The highest BCUT2D eigenvalue weighted by Gasteiger charge is 2.34. The van der Waals surface area contributed by atoms with Crippen molar-refractivity contribution in [3.05, 3.63) is 108 Å². The number of hydrogen-bond donors (Lipinski definition) is 1. The lowest BCUT2D eigenvalue weighted by molar-refractivity contribution is 0.0988. The number of nitrogens with zero attached hydrogens (tertiary/aromatic N) is 3. The van der Waals surface area contributed by atoms with E-state index in [1.165, 1.54) is 4.68 Å². The van der Waals surface area contributed by atoms with Crippen LogP contribution in [0.3, 0.4) is 0 Å². The van der Waals surface area contributed by atoms with E-state index in [-0.39, 0.29) is 23.0 Å². The lowest BCUT2D eigenvalue weighted by Crippen LogP contribution is -2.28. The van der Waals surface area contributed by atoms with Gasteiger partial charge in [0.1, 0.15) is 16.9 Å². The van der Waals surface area contributed by atoms with Gasteiger partial charge in [0, 0.05) is 16.8 Å². The van der Waals surface area contributed by atoms with Gasteiger partial charge >= 0.3 is 0 Å². The van der Waals surface area contributed by atoms with Crippen LogP contribution >= 0.6 is 0 Å². The molecule has 6 heteroatoms. The van der Waals surface area contributed by atoms with Gasteiger partial charge in [-0.15, -0.1) is 5.10 Å². The molecule has 152 valence electrons. The summed E-state index contributed by atoms with van der Waals surface area (Å²) in [5.74, 6) is -0.540. The monoisotopic (exact) mass is 416 g/mol. The van der Waals surface area contributed by atoms with Gasteiger partial charge in [0.15, 0.2) is 0 Å². The number of carbonyl (C=O) groups is 2. The molecule has 0 unspecified atom stereocenters. The second kappa shape index (κ2) is 6.99. The van der Waals surface area contributed by atoms with Crippen molar-refractivity contribution in [1.82, 2.24) is 15.0 Å². The Labute approximate surface area is 182 Å². The number of ketones is 2. The van der Waals surface area contributed by atoms with Gasteiger partial charge in [-0.3, -0.25) is 9.59 Å². The first-order valence-electron chi connectivity index (χ1n) is 10.2. The van der Waals surface area contributed by atoms with Crippen molar-refractivity contribution < 1.29 is 9.59 Å². The molecule has 32 heavy (non-hydrogen) atoms. The summed E-state index contributed by atoms with van der Waals surface area (Å²) in [5.41, 5.74) is 3.08. The minimum atomic E-state index is -0.279. The van der Waals surface area contributed by atoms with Crippen LogP contribution in [0.15, 0.2) is 96.7 Å². The number of anilines is 1. The summed E-state index contributed by atoms with van der Waals surface area (Å²) in [6.07, 6.45) is 0. The van der Waals surface area contributed by atoms with E-state index in [1.54, 1.807) is 24.3 Å². The van der Waals surface area contributed by atoms with Crippen molar-refractivity contribution in [2.45, 2.75) is 0 Å². The first-order chi connectivity index (χ1) is 15.7. The predicted molar refractivity (Wildman–Crippen MR) is 123 cm³/mol. The van der Waals surface area contributed by atoms with Crippen LogP contribution in [0.25, 0.3) is 27.5 Å². The predicted octanol–water partition coefficient (Wildman–Crippen LogP) is 4.94. The lowest BCUT2D eigenvalue weighted by Gasteiger charge is -2.22. The molecule has 1 aliphatic carbocycles. The van der Waals surface area contributed by atoms with Crippen LogP contribution in [0.4, 0.5) is 5.69 Å². The Morgan fingerprint density at radius 2 is 1.38 bits per heavy atom. The zero-order valence-corrected chi connectivity index (χ0v) is 16.8. The zero-order valence-electron chi connectivity index (χ0n) is 16.8. The molecule has 0 bridgehead atoms. The van der Waals surface area contributed by atoms with E-state index in [0.29, 0.717) is 27.8 Å². The SMILES string of the molecule is O=C1C(Nc2ccc3ccccc3c2)=C(n2nnc3ccccc32)C(=O)c2ccccc21. The van der Waals surface area contributed by atoms with Crippen LogP contribution in [0.1, 0.15) is 20.7 Å². The molecule has 1 N–H and O–H groups in total. The van der Waals surface area contributed by atoms with Crippen LogP contribution < -0.4 is 5.32 Å². The van der Waals surface area contributed by atoms with Crippen molar-refractivity contribution in [1.29, 1.82) is 0 Å². The number of rotatable bonds is 3. The van der Waals surface area contributed by atoms with E-state index in [1.807, 2.05) is 66.7 Å². The Morgan fingerprint density at radius 1 is 0.688 bits per heavy atom. The molecular weight excluding hydrogens is 400 g/mol. The molecule has 1 heterocycles. The minimum absolute atomic E-state index is 0.163. The number of nitrogens with one attached hydrogen (secondary N) is 1. The van der Waals surface area contributed by atoms with Gasteiger partial charge in [-0.25, -0.2) is 4.68 Å². The molecule has 0 radical (unpaired) electrons. The number of para-hydroxylation sites is 1. The Balaban J connectivity index is 1.58. The normalized spacial score (nSPS) is 13.6. The zero-order chi connectivity index (χ0) is 21.7. The fraction of sp³-hybridized carbons (Fsp3) is 0. The molecule has 1 aliphatic rings. The third kappa shape index (κ3) is 2.74. The number of hydrogen-bond acceptors (Lipinski definition) is 5. The maximum absolute atomic E-state index is 13.6. The van der Waals surface area contributed by atoms with Gasteiger partial charge in [0.05, 0.1) is 5.52 Å². The summed E-state index contributed by atoms with van der Waals surface area (Å²) in [6, 6.07) is 28.0. The van der Waals surface area contributed by atoms with E-state index in [9.17, 15) is 9.59 Å². The third-order valence-electron chi connectivity index (χ3n) is 5.68. The second-order valence-corrected chi connectivity index (χ2v) is 7.60. The fourth-order valence-electron chi connectivity index (χ4n) is 4.13. The average Bonchev–Trinajstić information content (AvgIpc) is 3.26. The summed E-state index contributed by atoms with van der Waals surface area (Å²) in [6.45, 7) is 0. The topological polar surface area (TPSA) is 76.9 Å². The molecular formula is C26H16N4O2. The number of fused-ring (bicyclic) bond motifs is 3. The van der Waals surface area contributed by atoms with E-state index < -0.39 is 0 Å². The maximum Gasteiger partial charge on any atom is 0.214 e. The van der Waals surface area contributed by atoms with Gasteiger partial charge in [-0.2, -0.15) is 0 Å². The molecule has 0 saturated heterocycles. The molecule has 0 fully saturated rings. The highest BCUT2D eigenvalue weighted by Crippen LogP contribution is 2.32. The summed E-state index contributed by atoms with van der Waals surface area (Å²) in [4.78, 5) is 27.1. The summed E-state index contributed by atoms with van der Waals surface area (Å²) >= 11 is 0. The summed E-state index contributed by atoms with van der Waals surface area (Å²) in [7, 11) is 0. The van der Waals surface area contributed by atoms with E-state index in [2.05, 4.69) is 15.6 Å². The van der Waals surface area contributed by atoms with Gasteiger partial charge in [-0.05, 0) is 35.0 Å². The lowest BCUT2D eigenvalue weighted by atomic mass is 9.90. The van der Waals surface area contributed by atoms with Crippen LogP contribution in [0, 0.1) is 0 Å². The molecule has 4 aromatic carbocycles.